The number of fused-ring (bicyclic) bond motifs is 1. The third-order valence-electron chi connectivity index (χ3n) is 13.7. The highest BCUT2D eigenvalue weighted by molar-refractivity contribution is 6.02. The Kier molecular flexibility index (Phi) is 12.5. The highest BCUT2D eigenvalue weighted by Gasteiger charge is 2.39. The lowest BCUT2D eigenvalue weighted by molar-refractivity contribution is -0.136. The Bertz CT molecular complexity index is 2820. The van der Waals surface area contributed by atoms with Crippen LogP contribution in [0.4, 0.5) is 30.8 Å². The van der Waals surface area contributed by atoms with Crippen LogP contribution in [0.3, 0.4) is 0 Å². The number of aryl methyl sites for hydroxylation is 1. The van der Waals surface area contributed by atoms with Crippen LogP contribution in [-0.2, 0) is 24.7 Å². The van der Waals surface area contributed by atoms with Gasteiger partial charge in [0.25, 0.3) is 5.91 Å². The van der Waals surface area contributed by atoms with E-state index in [1.54, 1.807) is 20.7 Å². The van der Waals surface area contributed by atoms with E-state index >= 15 is 8.78 Å². The molecule has 0 radical (unpaired) electrons. The topological polar surface area (TPSA) is 245 Å². The summed E-state index contributed by atoms with van der Waals surface area (Å²) in [4.78, 5) is 75.0. The Morgan fingerprint density at radius 3 is 2.34 bits per heavy atom. The molecule has 4 amide bonds. The molecule has 1 aromatic carbocycles. The number of hydrogen-bond acceptors (Lipinski definition) is 17. The number of likely N-dealkylation sites (tertiary alicyclic amines) is 2. The van der Waals surface area contributed by atoms with Gasteiger partial charge in [-0.15, -0.1) is 0 Å². The van der Waals surface area contributed by atoms with Gasteiger partial charge in [0.1, 0.15) is 41.4 Å². The lowest BCUT2D eigenvalue weighted by atomic mass is 9.96. The minimum atomic E-state index is -0.749. The van der Waals surface area contributed by atoms with Crippen molar-refractivity contribution in [3.05, 3.63) is 47.7 Å². The van der Waals surface area contributed by atoms with Crippen molar-refractivity contribution in [2.24, 2.45) is 5.92 Å². The maximum atomic E-state index is 15.2. The van der Waals surface area contributed by atoms with Crippen LogP contribution in [0.25, 0.3) is 33.8 Å². The lowest BCUT2D eigenvalue weighted by Gasteiger charge is -2.40. The van der Waals surface area contributed by atoms with E-state index in [4.69, 9.17) is 34.8 Å². The predicted molar refractivity (Wildman–Crippen MR) is 249 cm³/mol. The molecule has 1 aliphatic carbocycles. The average Bonchev–Trinajstić information content (AvgIpc) is 3.92. The van der Waals surface area contributed by atoms with Crippen molar-refractivity contribution in [3.8, 4) is 28.5 Å². The summed E-state index contributed by atoms with van der Waals surface area (Å²) in [5.41, 5.74) is 8.74. The maximum absolute atomic E-state index is 15.2. The highest BCUT2D eigenvalue weighted by atomic mass is 19.1. The molecule has 4 aromatic heterocycles. The number of benzene rings is 1. The first kappa shape index (κ1) is 46.7. The van der Waals surface area contributed by atoms with E-state index in [1.807, 2.05) is 27.7 Å². The zero-order valence-electron chi connectivity index (χ0n) is 39.5. The Morgan fingerprint density at radius 1 is 0.943 bits per heavy atom. The molecule has 21 nitrogen and oxygen atoms in total. The van der Waals surface area contributed by atoms with Crippen LogP contribution in [0.1, 0.15) is 76.7 Å². The molecule has 5 aliphatic rings. The molecule has 1 atom stereocenters. The normalized spacial score (nSPS) is 19.6. The second kappa shape index (κ2) is 18.7. The van der Waals surface area contributed by atoms with Crippen molar-refractivity contribution < 1.29 is 42.0 Å². The number of nitrogens with two attached hydrogens (primary N) is 1. The van der Waals surface area contributed by atoms with Crippen LogP contribution in [0, 0.1) is 24.5 Å². The largest absolute Gasteiger partial charge is 0.483 e. The number of piperidine rings is 2. The lowest BCUT2D eigenvalue weighted by Crippen LogP contribution is -2.56. The maximum Gasteiger partial charge on any atom is 0.410 e. The van der Waals surface area contributed by atoms with Gasteiger partial charge in [0.2, 0.25) is 11.8 Å². The van der Waals surface area contributed by atoms with Gasteiger partial charge in [-0.1, -0.05) is 5.16 Å². The SMILES string of the molecule is Cc1nc(-c2c(-c3nn(C(C)(C)C)c4ncnc(N)c34)noc2C2CC2)ncc1OC1CN(C(=O)OCC(=O)N2CCC(CN3CCN(c4c(F)cc(NC5CCC(=O)NC5=O)cc4F)CC3)CC2)C1. The quantitative estimate of drug-likeness (QED) is 0.148. The first-order chi connectivity index (χ1) is 33.6. The number of halogens is 2. The number of nitrogens with zero attached hydrogens (tertiary/aromatic N) is 11. The number of piperazine rings is 1. The van der Waals surface area contributed by atoms with Crippen molar-refractivity contribution in [1.82, 2.24) is 54.9 Å². The summed E-state index contributed by atoms with van der Waals surface area (Å²) < 4.78 is 49.9. The molecule has 5 aromatic rings. The third-order valence-corrected chi connectivity index (χ3v) is 13.7. The van der Waals surface area contributed by atoms with Gasteiger partial charge in [0.15, 0.2) is 41.2 Å². The predicted octanol–water partition coefficient (Wildman–Crippen LogP) is 4.22. The van der Waals surface area contributed by atoms with Gasteiger partial charge in [-0.25, -0.2) is 38.2 Å². The number of ether oxygens (including phenoxy) is 2. The molecular weight excluding hydrogens is 911 g/mol. The molecule has 5 fully saturated rings. The fourth-order valence-electron chi connectivity index (χ4n) is 9.62. The van der Waals surface area contributed by atoms with Gasteiger partial charge < -0.3 is 39.7 Å². The van der Waals surface area contributed by atoms with E-state index in [0.717, 1.165) is 32.2 Å². The van der Waals surface area contributed by atoms with Gasteiger partial charge in [-0.3, -0.25) is 24.6 Å². The fourth-order valence-corrected chi connectivity index (χ4v) is 9.62. The summed E-state index contributed by atoms with van der Waals surface area (Å²) in [5.74, 6) is -0.246. The summed E-state index contributed by atoms with van der Waals surface area (Å²) in [6, 6.07) is 1.62. The van der Waals surface area contributed by atoms with Gasteiger partial charge >= 0.3 is 6.09 Å². The first-order valence-electron chi connectivity index (χ1n) is 23.8. The molecule has 8 heterocycles. The van der Waals surface area contributed by atoms with Crippen molar-refractivity contribution in [1.29, 1.82) is 0 Å². The van der Waals surface area contributed by atoms with Gasteiger partial charge in [-0.05, 0) is 77.8 Å². The number of imide groups is 1. The van der Waals surface area contributed by atoms with E-state index in [-0.39, 0.29) is 73.6 Å². The second-order valence-corrected chi connectivity index (χ2v) is 19.8. The van der Waals surface area contributed by atoms with Crippen LogP contribution >= 0.6 is 0 Å². The van der Waals surface area contributed by atoms with Crippen molar-refractivity contribution in [3.63, 3.8) is 0 Å². The molecule has 0 spiro atoms. The molecule has 4 N–H and O–H groups in total. The Hall–Kier alpha value is -7.04. The average molecular weight is 967 g/mol. The first-order valence-corrected chi connectivity index (χ1v) is 23.8. The van der Waals surface area contributed by atoms with Crippen molar-refractivity contribution >= 4 is 52.0 Å². The molecule has 4 saturated heterocycles. The monoisotopic (exact) mass is 966 g/mol. The Balaban J connectivity index is 0.664. The van der Waals surface area contributed by atoms with Crippen LogP contribution in [0.5, 0.6) is 5.75 Å². The summed E-state index contributed by atoms with van der Waals surface area (Å²) in [6.07, 6.45) is 5.97. The van der Waals surface area contributed by atoms with Crippen LogP contribution in [-0.4, -0.2) is 151 Å². The molecule has 70 heavy (non-hydrogen) atoms. The molecule has 1 saturated carbocycles. The van der Waals surface area contributed by atoms with Gasteiger partial charge in [0, 0.05) is 63.8 Å². The van der Waals surface area contributed by atoms with E-state index < -0.39 is 35.2 Å². The van der Waals surface area contributed by atoms with Crippen LogP contribution in [0.15, 0.2) is 29.2 Å². The van der Waals surface area contributed by atoms with Crippen LogP contribution < -0.4 is 26.0 Å². The Morgan fingerprint density at radius 2 is 1.67 bits per heavy atom. The number of carbonyl (C=O) groups excluding carboxylic acids is 4. The molecule has 370 valence electrons. The number of rotatable bonds is 12. The summed E-state index contributed by atoms with van der Waals surface area (Å²) >= 11 is 0. The number of hydrogen-bond donors (Lipinski definition) is 3. The number of anilines is 3. The summed E-state index contributed by atoms with van der Waals surface area (Å²) in [6.45, 7) is 12.1. The molecule has 0 bridgehead atoms. The van der Waals surface area contributed by atoms with E-state index in [2.05, 4.69) is 30.7 Å². The van der Waals surface area contributed by atoms with Gasteiger partial charge in [0.05, 0.1) is 41.5 Å². The molecule has 10 rings (SSSR count). The summed E-state index contributed by atoms with van der Waals surface area (Å²) in [7, 11) is 0. The van der Waals surface area contributed by atoms with E-state index in [0.29, 0.717) is 96.2 Å². The summed E-state index contributed by atoms with van der Waals surface area (Å²) in [5, 5.41) is 15.0. The minimum absolute atomic E-state index is 0.101. The third kappa shape index (κ3) is 9.49. The van der Waals surface area contributed by atoms with Crippen molar-refractivity contribution in [2.45, 2.75) is 89.8 Å². The van der Waals surface area contributed by atoms with E-state index in [1.165, 1.54) is 23.4 Å². The zero-order chi connectivity index (χ0) is 49.0. The fraction of sp³-hybridized carbons (Fsp3) is 0.532. The standard InChI is InChI=1S/C47H56F2N14O7/c1-25-33(19-51-43(54-25)36-39(58-70-41(36)27-5-6-27)38-37-42(50)52-24-53-44(37)63(57-38)47(2,3)4)69-29-21-62(22-29)46(67)68-23-35(65)60-11-9-26(10-12-60)20-59-13-15-61(16-14-59)40-30(48)17-28(18-31(40)49)55-32-7-8-34(64)56-45(32)66/h17-19,24,26-27,29,32,55H,5-16,20-23H2,1-4H3,(H2,50,52,53)(H,56,64,66). The van der Waals surface area contributed by atoms with Gasteiger partial charge in [-0.2, -0.15) is 5.10 Å². The molecule has 4 aliphatic heterocycles. The number of nitrogen functional groups attached to an aromatic ring is 1. The van der Waals surface area contributed by atoms with Crippen LogP contribution in [0.2, 0.25) is 0 Å². The minimum Gasteiger partial charge on any atom is -0.483 e. The van der Waals surface area contributed by atoms with E-state index in [9.17, 15) is 19.2 Å². The molecule has 1 unspecified atom stereocenters. The smallest absolute Gasteiger partial charge is 0.410 e. The zero-order valence-corrected chi connectivity index (χ0v) is 39.5. The number of aromatic nitrogens is 7. The second-order valence-electron chi connectivity index (χ2n) is 19.8. The highest BCUT2D eigenvalue weighted by Crippen LogP contribution is 2.48. The number of nitrogens with one attached hydrogen (secondary N) is 2. The number of amides is 4. The van der Waals surface area contributed by atoms with Crippen molar-refractivity contribution in [2.75, 3.05) is 81.5 Å². The molecular formula is C47H56F2N14O7. The Labute approximate surface area is 401 Å². The molecule has 23 heteroatoms. The number of carbonyl (C=O) groups is 4.